The molecule has 1 aromatic carbocycles. The molecule has 0 bridgehead atoms. The minimum atomic E-state index is -1.73. The van der Waals surface area contributed by atoms with Gasteiger partial charge in [0.15, 0.2) is 17.9 Å². The molecule has 2 heterocycles. The number of carbonyl (C=O) groups is 8. The largest absolute Gasteiger partial charge is 0.444 e. The molecular formula is C44H65N5O13. The van der Waals surface area contributed by atoms with E-state index in [0.29, 0.717) is 44.2 Å². The summed E-state index contributed by atoms with van der Waals surface area (Å²) in [5, 5.41) is 30.2. The van der Waals surface area contributed by atoms with Crippen LogP contribution >= 0.6 is 0 Å². The Balaban J connectivity index is 1.59. The van der Waals surface area contributed by atoms with Crippen LogP contribution in [0.3, 0.4) is 0 Å². The van der Waals surface area contributed by atoms with Gasteiger partial charge >= 0.3 is 12.1 Å². The quantitative estimate of drug-likeness (QED) is 0.0609. The summed E-state index contributed by atoms with van der Waals surface area (Å²) < 4.78 is 16.5. The molecule has 18 nitrogen and oxygen atoms in total. The molecule has 0 saturated carbocycles. The number of urea groups is 1. The van der Waals surface area contributed by atoms with Crippen molar-refractivity contribution < 1.29 is 62.8 Å². The highest BCUT2D eigenvalue weighted by molar-refractivity contribution is 6.12. The van der Waals surface area contributed by atoms with Gasteiger partial charge in [-0.25, -0.2) is 9.59 Å². The summed E-state index contributed by atoms with van der Waals surface area (Å²) >= 11 is 0. The normalized spacial score (nSPS) is 21.0. The van der Waals surface area contributed by atoms with Gasteiger partial charge in [-0.1, -0.05) is 44.5 Å². The highest BCUT2D eigenvalue weighted by Gasteiger charge is 2.48. The van der Waals surface area contributed by atoms with Gasteiger partial charge in [-0.15, -0.1) is 0 Å². The molecule has 344 valence electrons. The highest BCUT2D eigenvalue weighted by Crippen LogP contribution is 2.32. The third-order valence-corrected chi connectivity index (χ3v) is 10.7. The summed E-state index contributed by atoms with van der Waals surface area (Å²) in [5.74, 6) is -4.93. The topological polar surface area (TPSA) is 270 Å². The zero-order valence-corrected chi connectivity index (χ0v) is 36.7. The molecule has 6 amide bonds. The summed E-state index contributed by atoms with van der Waals surface area (Å²) in [6.45, 7) is 9.52. The number of ether oxygens (including phenoxy) is 3. The van der Waals surface area contributed by atoms with Gasteiger partial charge in [0.05, 0.1) is 12.1 Å². The Labute approximate surface area is 363 Å². The van der Waals surface area contributed by atoms with Crippen molar-refractivity contribution in [3.8, 4) is 0 Å². The molecule has 0 aliphatic carbocycles. The number of nitrogens with zero attached hydrogens (tertiary/aromatic N) is 1. The number of alkyl carbamates (subject to hydrolysis) is 1. The maximum Gasteiger partial charge on any atom is 0.407 e. The van der Waals surface area contributed by atoms with Crippen LogP contribution in [0.25, 0.3) is 0 Å². The first-order valence-electron chi connectivity index (χ1n) is 21.2. The maximum absolute atomic E-state index is 13.8. The first-order chi connectivity index (χ1) is 29.2. The molecule has 7 N–H and O–H groups in total. The molecule has 1 aromatic rings. The molecular weight excluding hydrogens is 807 g/mol. The number of ketones is 3. The second-order valence-electron chi connectivity index (χ2n) is 17.2. The molecule has 1 saturated heterocycles. The summed E-state index contributed by atoms with van der Waals surface area (Å²) in [7, 11) is 1.28. The number of primary amides is 1. The van der Waals surface area contributed by atoms with E-state index in [0.717, 1.165) is 10.5 Å². The number of amides is 6. The van der Waals surface area contributed by atoms with Gasteiger partial charge in [-0.3, -0.25) is 33.7 Å². The number of aliphatic hydroxyl groups is 2. The Kier molecular flexibility index (Phi) is 20.3. The number of unbranched alkanes of at least 4 members (excludes halogenated alkanes) is 2. The molecule has 62 heavy (non-hydrogen) atoms. The molecule has 7 atom stereocenters. The second-order valence-corrected chi connectivity index (χ2v) is 17.2. The second kappa shape index (κ2) is 24.6. The molecule has 2 aliphatic heterocycles. The number of aliphatic hydroxyl groups excluding tert-OH is 2. The van der Waals surface area contributed by atoms with Crippen LogP contribution in [0.1, 0.15) is 97.1 Å². The molecule has 0 spiro atoms. The lowest BCUT2D eigenvalue weighted by Crippen LogP contribution is -2.58. The summed E-state index contributed by atoms with van der Waals surface area (Å²) in [6.07, 6.45) is -2.17. The summed E-state index contributed by atoms with van der Waals surface area (Å²) in [5.41, 5.74) is 6.18. The van der Waals surface area contributed by atoms with Crippen LogP contribution < -0.4 is 21.7 Å². The Bertz CT molecular complexity index is 1740. The van der Waals surface area contributed by atoms with Gasteiger partial charge in [-0.2, -0.15) is 0 Å². The van der Waals surface area contributed by atoms with Gasteiger partial charge in [0.1, 0.15) is 23.6 Å². The van der Waals surface area contributed by atoms with E-state index in [1.807, 2.05) is 12.1 Å². The van der Waals surface area contributed by atoms with Crippen LogP contribution in [0.4, 0.5) is 9.59 Å². The number of Topliss-reactive ketones (excluding diaryl/α,β-unsaturated/α-hetero) is 3. The number of benzene rings is 1. The smallest absolute Gasteiger partial charge is 0.407 e. The van der Waals surface area contributed by atoms with E-state index in [1.165, 1.54) is 19.3 Å². The van der Waals surface area contributed by atoms with E-state index in [4.69, 9.17) is 19.9 Å². The Morgan fingerprint density at radius 1 is 0.887 bits per heavy atom. The third kappa shape index (κ3) is 16.7. The van der Waals surface area contributed by atoms with Gasteiger partial charge in [0.25, 0.3) is 11.8 Å². The van der Waals surface area contributed by atoms with Crippen LogP contribution in [0, 0.1) is 17.8 Å². The molecule has 2 aliphatic rings. The molecule has 4 unspecified atom stereocenters. The Hall–Kier alpha value is -5.04. The van der Waals surface area contributed by atoms with E-state index in [1.54, 1.807) is 46.8 Å². The minimum Gasteiger partial charge on any atom is -0.444 e. The number of imide groups is 1. The van der Waals surface area contributed by atoms with Crippen molar-refractivity contribution in [2.24, 2.45) is 23.5 Å². The predicted octanol–water partition coefficient (Wildman–Crippen LogP) is 2.18. The highest BCUT2D eigenvalue weighted by atomic mass is 16.7. The van der Waals surface area contributed by atoms with Crippen molar-refractivity contribution in [3.05, 3.63) is 47.5 Å². The zero-order valence-electron chi connectivity index (χ0n) is 36.7. The van der Waals surface area contributed by atoms with Crippen molar-refractivity contribution in [1.82, 2.24) is 20.9 Å². The predicted molar refractivity (Wildman–Crippen MR) is 225 cm³/mol. The van der Waals surface area contributed by atoms with Crippen LogP contribution in [0.15, 0.2) is 36.4 Å². The van der Waals surface area contributed by atoms with Crippen molar-refractivity contribution in [1.29, 1.82) is 0 Å². The molecule has 3 rings (SSSR count). The summed E-state index contributed by atoms with van der Waals surface area (Å²) in [6, 6.07) is 5.52. The van der Waals surface area contributed by atoms with Gasteiger partial charge < -0.3 is 46.1 Å². The Morgan fingerprint density at radius 2 is 1.53 bits per heavy atom. The van der Waals surface area contributed by atoms with E-state index in [-0.39, 0.29) is 62.2 Å². The van der Waals surface area contributed by atoms with E-state index in [9.17, 15) is 48.6 Å². The first kappa shape index (κ1) is 51.3. The van der Waals surface area contributed by atoms with Gasteiger partial charge in [-0.05, 0) is 69.9 Å². The SMILES string of the molecule is COC1O[C@H](C(=O)C[C@@H](C(=O)NC(CCCNC(N)=O)C(=O)Cc2ccc(CCNC(=O)OC(C)(C)C)cc2)C(C)C)C(O)[C@H](O)C1CC(=O)CCCCCN1C(=O)C=CC1=O. The van der Waals surface area contributed by atoms with Crippen LogP contribution in [0.2, 0.25) is 0 Å². The molecule has 1 fully saturated rings. The van der Waals surface area contributed by atoms with Crippen molar-refractivity contribution in [3.63, 3.8) is 0 Å². The van der Waals surface area contributed by atoms with Crippen LogP contribution in [-0.4, -0.2) is 125 Å². The van der Waals surface area contributed by atoms with Crippen molar-refractivity contribution in [2.45, 2.75) is 135 Å². The lowest BCUT2D eigenvalue weighted by atomic mass is 9.82. The van der Waals surface area contributed by atoms with Crippen LogP contribution in [0.5, 0.6) is 0 Å². The van der Waals surface area contributed by atoms with Crippen LogP contribution in [-0.2, 0) is 55.8 Å². The summed E-state index contributed by atoms with van der Waals surface area (Å²) in [4.78, 5) is 102. The number of hydrogen-bond donors (Lipinski definition) is 6. The molecule has 18 heteroatoms. The molecule has 0 radical (unpaired) electrons. The number of methoxy groups -OCH3 is 1. The lowest BCUT2D eigenvalue weighted by molar-refractivity contribution is -0.267. The first-order valence-corrected chi connectivity index (χ1v) is 21.2. The van der Waals surface area contributed by atoms with Crippen molar-refractivity contribution in [2.75, 3.05) is 26.7 Å². The monoisotopic (exact) mass is 871 g/mol. The standard InChI is InChI=1S/C44H65N5O13/c1-26(2)30(25-34(52)39-38(56)37(55)31(41(60-6)61-39)24-29(50)11-8-7-9-22-49-35(53)17-18-36(49)54)40(57)48-32(12-10-20-46-42(45)58)33(51)23-28-15-13-27(14-16-28)19-21-47-43(59)62-44(3,4)5/h13-18,26,30-32,37-39,41,55-56H,7-12,19-25H2,1-6H3,(H,47,59)(H,48,57)(H3,45,46,58)/t30-,31?,32?,37-,38?,39-,41?/m1/s1. The zero-order chi connectivity index (χ0) is 46.1. The average molecular weight is 872 g/mol. The lowest BCUT2D eigenvalue weighted by Gasteiger charge is -2.41. The third-order valence-electron chi connectivity index (χ3n) is 10.7. The van der Waals surface area contributed by atoms with E-state index < -0.39 is 84.2 Å². The number of hydrogen-bond acceptors (Lipinski definition) is 13. The minimum absolute atomic E-state index is 0.0288. The fourth-order valence-electron chi connectivity index (χ4n) is 7.26. The van der Waals surface area contributed by atoms with E-state index >= 15 is 0 Å². The Morgan fingerprint density at radius 3 is 2.13 bits per heavy atom. The van der Waals surface area contributed by atoms with Gasteiger partial charge in [0, 0.05) is 76.4 Å². The average Bonchev–Trinajstić information content (AvgIpc) is 3.51. The number of rotatable bonds is 25. The fourth-order valence-corrected chi connectivity index (χ4v) is 7.26. The number of nitrogens with one attached hydrogen (secondary N) is 3. The van der Waals surface area contributed by atoms with Crippen molar-refractivity contribution >= 4 is 47.2 Å². The van der Waals surface area contributed by atoms with E-state index in [2.05, 4.69) is 16.0 Å². The molecule has 0 aromatic heterocycles. The van der Waals surface area contributed by atoms with Gasteiger partial charge in [0.2, 0.25) is 5.91 Å². The number of nitrogens with two attached hydrogens (primary N) is 1. The number of carbonyl (C=O) groups excluding carboxylic acids is 8. The fraction of sp³-hybridized carbons (Fsp3) is 0.636. The maximum atomic E-state index is 13.8.